The zero-order chi connectivity index (χ0) is 11.4. The molecular weight excluding hydrogens is 214 g/mol. The Kier molecular flexibility index (Phi) is 3.68. The van der Waals surface area contributed by atoms with Crippen LogP contribution in [0.4, 0.5) is 0 Å². The lowest BCUT2D eigenvalue weighted by Gasteiger charge is -2.10. The predicted molar refractivity (Wildman–Crippen MR) is 71.7 cm³/mol. The summed E-state index contributed by atoms with van der Waals surface area (Å²) in [6, 6.07) is 18.4. The van der Waals surface area contributed by atoms with E-state index in [2.05, 4.69) is 38.5 Å². The van der Waals surface area contributed by atoms with E-state index in [1.807, 2.05) is 30.3 Å². The molecule has 2 aromatic carbocycles. The minimum atomic E-state index is 0.419. The quantitative estimate of drug-likeness (QED) is 0.705. The predicted octanol–water partition coefficient (Wildman–Crippen LogP) is 3.43. The number of hydrogen-bond acceptors (Lipinski definition) is 0. The molecule has 0 spiro atoms. The molecule has 1 unspecified atom stereocenters. The van der Waals surface area contributed by atoms with Gasteiger partial charge in [-0.15, -0.1) is 0 Å². The van der Waals surface area contributed by atoms with Crippen molar-refractivity contribution in [2.45, 2.75) is 12.7 Å². The zero-order valence-corrected chi connectivity index (χ0v) is 9.98. The molecule has 79 valence electrons. The molecule has 0 heterocycles. The Morgan fingerprint density at radius 3 is 2.19 bits per heavy atom. The molecule has 0 amide bonds. The summed E-state index contributed by atoms with van der Waals surface area (Å²) in [6.07, 6.45) is 0. The topological polar surface area (TPSA) is 0 Å². The van der Waals surface area contributed by atoms with Gasteiger partial charge in [-0.3, -0.25) is 0 Å². The van der Waals surface area contributed by atoms with Gasteiger partial charge in [-0.25, -0.2) is 0 Å². The summed E-state index contributed by atoms with van der Waals surface area (Å²) < 4.78 is 0. The fraction of sp³-hybridized carbons (Fsp3) is 0.143. The Morgan fingerprint density at radius 2 is 1.56 bits per heavy atom. The van der Waals surface area contributed by atoms with Crippen LogP contribution in [0.25, 0.3) is 0 Å². The molecular formula is C14H13BCl. The van der Waals surface area contributed by atoms with E-state index in [-0.39, 0.29) is 0 Å². The van der Waals surface area contributed by atoms with Gasteiger partial charge < -0.3 is 0 Å². The second-order valence-electron chi connectivity index (χ2n) is 3.92. The third kappa shape index (κ3) is 2.90. The molecule has 2 rings (SSSR count). The van der Waals surface area contributed by atoms with Crippen LogP contribution in [0, 0.1) is 0 Å². The van der Waals surface area contributed by atoms with Gasteiger partial charge in [0, 0.05) is 5.02 Å². The summed E-state index contributed by atoms with van der Waals surface area (Å²) in [6.45, 7) is 2.20. The van der Waals surface area contributed by atoms with Crippen molar-refractivity contribution in [1.82, 2.24) is 0 Å². The molecule has 16 heavy (non-hydrogen) atoms. The van der Waals surface area contributed by atoms with Crippen LogP contribution in [0.1, 0.15) is 18.3 Å². The maximum absolute atomic E-state index is 5.85. The maximum atomic E-state index is 5.85. The highest BCUT2D eigenvalue weighted by atomic mass is 35.5. The van der Waals surface area contributed by atoms with Gasteiger partial charge in [-0.05, 0) is 17.9 Å². The van der Waals surface area contributed by atoms with Crippen LogP contribution in [-0.4, -0.2) is 7.28 Å². The number of halogens is 1. The first kappa shape index (κ1) is 11.3. The Labute approximate surface area is 103 Å². The van der Waals surface area contributed by atoms with E-state index in [4.69, 9.17) is 11.6 Å². The molecule has 0 aliphatic heterocycles. The van der Waals surface area contributed by atoms with Crippen molar-refractivity contribution in [1.29, 1.82) is 0 Å². The van der Waals surface area contributed by atoms with Crippen LogP contribution >= 0.6 is 11.6 Å². The van der Waals surface area contributed by atoms with Crippen molar-refractivity contribution >= 4 is 24.3 Å². The monoisotopic (exact) mass is 227 g/mol. The first-order chi connectivity index (χ1) is 7.75. The first-order valence-electron chi connectivity index (χ1n) is 5.41. The highest BCUT2D eigenvalue weighted by molar-refractivity contribution is 6.55. The van der Waals surface area contributed by atoms with Gasteiger partial charge in [0.25, 0.3) is 0 Å². The van der Waals surface area contributed by atoms with Crippen LogP contribution in [-0.2, 0) is 0 Å². The number of rotatable bonds is 3. The Hall–Kier alpha value is -1.21. The van der Waals surface area contributed by atoms with Crippen molar-refractivity contribution in [3.8, 4) is 0 Å². The lowest BCUT2D eigenvalue weighted by molar-refractivity contribution is 1.07. The van der Waals surface area contributed by atoms with Crippen molar-refractivity contribution in [2.24, 2.45) is 0 Å². The largest absolute Gasteiger partial charge is 0.160 e. The molecule has 0 aliphatic rings. The molecule has 0 N–H and O–H groups in total. The van der Waals surface area contributed by atoms with E-state index < -0.39 is 0 Å². The summed E-state index contributed by atoms with van der Waals surface area (Å²) >= 11 is 5.85. The van der Waals surface area contributed by atoms with Gasteiger partial charge in [-0.1, -0.05) is 72.0 Å². The van der Waals surface area contributed by atoms with Crippen LogP contribution in [0.3, 0.4) is 0 Å². The zero-order valence-electron chi connectivity index (χ0n) is 9.23. The molecule has 0 bridgehead atoms. The van der Waals surface area contributed by atoms with Gasteiger partial charge in [0.15, 0.2) is 7.28 Å². The summed E-state index contributed by atoms with van der Waals surface area (Å²) in [7, 11) is 2.24. The van der Waals surface area contributed by atoms with Gasteiger partial charge in [0.1, 0.15) is 0 Å². The van der Waals surface area contributed by atoms with Crippen molar-refractivity contribution in [3.63, 3.8) is 0 Å². The van der Waals surface area contributed by atoms with Crippen LogP contribution in [0.15, 0.2) is 54.6 Å². The van der Waals surface area contributed by atoms with E-state index in [1.54, 1.807) is 0 Å². The van der Waals surface area contributed by atoms with Gasteiger partial charge >= 0.3 is 0 Å². The molecule has 2 aromatic rings. The lowest BCUT2D eigenvalue weighted by atomic mass is 9.58. The van der Waals surface area contributed by atoms with E-state index in [0.717, 1.165) is 5.02 Å². The third-order valence-corrected chi connectivity index (χ3v) is 2.89. The maximum Gasteiger partial charge on any atom is 0.160 e. The second-order valence-corrected chi connectivity index (χ2v) is 4.35. The average Bonchev–Trinajstić information content (AvgIpc) is 2.33. The van der Waals surface area contributed by atoms with Crippen LogP contribution < -0.4 is 5.46 Å². The van der Waals surface area contributed by atoms with E-state index in [0.29, 0.717) is 5.82 Å². The first-order valence-corrected chi connectivity index (χ1v) is 5.79. The summed E-state index contributed by atoms with van der Waals surface area (Å²) in [5.74, 6) is 0.419. The molecule has 1 atom stereocenters. The fourth-order valence-electron chi connectivity index (χ4n) is 1.72. The van der Waals surface area contributed by atoms with Gasteiger partial charge in [-0.2, -0.15) is 0 Å². The smallest absolute Gasteiger partial charge is 0.0870 e. The van der Waals surface area contributed by atoms with E-state index in [9.17, 15) is 0 Å². The van der Waals surface area contributed by atoms with Crippen molar-refractivity contribution in [3.05, 3.63) is 65.2 Å². The highest BCUT2D eigenvalue weighted by Crippen LogP contribution is 2.13. The average molecular weight is 228 g/mol. The molecule has 0 saturated carbocycles. The molecule has 0 aromatic heterocycles. The summed E-state index contributed by atoms with van der Waals surface area (Å²) in [5.41, 5.74) is 2.54. The second kappa shape index (κ2) is 5.22. The third-order valence-electron chi connectivity index (χ3n) is 2.64. The molecule has 2 heteroatoms. The lowest BCUT2D eigenvalue weighted by Crippen LogP contribution is -2.19. The minimum absolute atomic E-state index is 0.419. The van der Waals surface area contributed by atoms with E-state index in [1.165, 1.54) is 11.0 Å². The SMILES string of the molecule is CC([B]c1ccc(Cl)cc1)c1ccccc1. The van der Waals surface area contributed by atoms with Gasteiger partial charge in [0.05, 0.1) is 0 Å². The van der Waals surface area contributed by atoms with Crippen molar-refractivity contribution in [2.75, 3.05) is 0 Å². The molecule has 0 aliphatic carbocycles. The Morgan fingerprint density at radius 1 is 0.938 bits per heavy atom. The van der Waals surface area contributed by atoms with E-state index >= 15 is 0 Å². The number of hydrogen-bond donors (Lipinski definition) is 0. The molecule has 0 fully saturated rings. The van der Waals surface area contributed by atoms with Crippen LogP contribution in [0.2, 0.25) is 5.02 Å². The molecule has 0 saturated heterocycles. The standard InChI is InChI=1S/C14H13BCl/c1-11(12-5-3-2-4-6-12)15-13-7-9-14(16)10-8-13/h2-11H,1H3. The molecule has 1 radical (unpaired) electrons. The fourth-order valence-corrected chi connectivity index (χ4v) is 1.84. The number of benzene rings is 2. The summed E-state index contributed by atoms with van der Waals surface area (Å²) in [4.78, 5) is 0. The normalized spacial score (nSPS) is 12.1. The summed E-state index contributed by atoms with van der Waals surface area (Å²) in [5, 5.41) is 0.782. The molecule has 0 nitrogen and oxygen atoms in total. The van der Waals surface area contributed by atoms with Gasteiger partial charge in [0.2, 0.25) is 0 Å². The highest BCUT2D eigenvalue weighted by Gasteiger charge is 2.07. The Balaban J connectivity index is 2.08. The van der Waals surface area contributed by atoms with Crippen molar-refractivity contribution < 1.29 is 0 Å². The Bertz CT molecular complexity index is 436. The minimum Gasteiger partial charge on any atom is -0.0870 e. The van der Waals surface area contributed by atoms with Crippen LogP contribution in [0.5, 0.6) is 0 Å².